The van der Waals surface area contributed by atoms with Gasteiger partial charge in [0.15, 0.2) is 0 Å². The number of amides is 1. The van der Waals surface area contributed by atoms with E-state index in [2.05, 4.69) is 0 Å². The maximum Gasteiger partial charge on any atom is 0.269 e. The summed E-state index contributed by atoms with van der Waals surface area (Å²) in [6, 6.07) is 4.30. The Balaban J connectivity index is 2.51. The Morgan fingerprint density at radius 1 is 1.39 bits per heavy atom. The number of carbonyl (C=O) groups is 1. The van der Waals surface area contributed by atoms with Crippen molar-refractivity contribution in [2.75, 3.05) is 12.3 Å². The molecule has 1 aliphatic heterocycles. The number of sulfonamides is 1. The summed E-state index contributed by atoms with van der Waals surface area (Å²) < 4.78 is 25.2. The smallest absolute Gasteiger partial charge is 0.269 e. The summed E-state index contributed by atoms with van der Waals surface area (Å²) in [6.07, 6.45) is 1.70. The number of hydrogen-bond donors (Lipinski definition) is 1. The summed E-state index contributed by atoms with van der Waals surface area (Å²) in [5, 5.41) is 0. The molecule has 1 aromatic rings. The third-order valence-electron chi connectivity index (χ3n) is 2.70. The van der Waals surface area contributed by atoms with E-state index in [0.29, 0.717) is 5.69 Å². The number of nitrogens with two attached hydrogens (primary N) is 1. The molecule has 96 valence electrons. The number of carbonyl (C=O) groups excluding carboxylic acids is 1. The molecule has 18 heavy (non-hydrogen) atoms. The van der Waals surface area contributed by atoms with E-state index < -0.39 is 15.9 Å². The van der Waals surface area contributed by atoms with Crippen molar-refractivity contribution in [1.29, 1.82) is 0 Å². The first-order chi connectivity index (χ1) is 8.34. The van der Waals surface area contributed by atoms with Crippen LogP contribution < -0.4 is 5.73 Å². The Kier molecular flexibility index (Phi) is 2.90. The molecule has 0 aliphatic carbocycles. The van der Waals surface area contributed by atoms with Gasteiger partial charge in [0.2, 0.25) is 0 Å². The molecule has 0 atom stereocenters. The van der Waals surface area contributed by atoms with Crippen LogP contribution in [0.3, 0.4) is 0 Å². The summed E-state index contributed by atoms with van der Waals surface area (Å²) in [7, 11) is -3.75. The highest BCUT2D eigenvalue weighted by atomic mass is 32.2. The second-order valence-corrected chi connectivity index (χ2v) is 6.21. The van der Waals surface area contributed by atoms with Crippen molar-refractivity contribution < 1.29 is 13.2 Å². The SMILES string of the molecule is CC(C)=CCN1C(=O)c2ccc(N)cc2S1(=O)=O. The molecular formula is C12H14N2O3S. The Hall–Kier alpha value is -1.82. The van der Waals surface area contributed by atoms with Crippen molar-refractivity contribution in [3.05, 3.63) is 35.4 Å². The van der Waals surface area contributed by atoms with Gasteiger partial charge in [0.05, 0.1) is 12.1 Å². The lowest BCUT2D eigenvalue weighted by molar-refractivity contribution is 0.0880. The van der Waals surface area contributed by atoms with Crippen LogP contribution in [0.1, 0.15) is 24.2 Å². The average molecular weight is 266 g/mol. The summed E-state index contributed by atoms with van der Waals surface area (Å²) in [5.74, 6) is -0.498. The predicted octanol–water partition coefficient (Wildman–Crippen LogP) is 1.38. The Labute approximate surface area is 106 Å². The predicted molar refractivity (Wildman–Crippen MR) is 68.5 cm³/mol. The molecule has 0 saturated heterocycles. The molecule has 1 amide bonds. The number of anilines is 1. The molecule has 0 unspecified atom stereocenters. The largest absolute Gasteiger partial charge is 0.399 e. The van der Waals surface area contributed by atoms with Gasteiger partial charge in [-0.05, 0) is 32.0 Å². The Morgan fingerprint density at radius 3 is 2.67 bits per heavy atom. The summed E-state index contributed by atoms with van der Waals surface area (Å²) in [5.41, 5.74) is 7.03. The van der Waals surface area contributed by atoms with E-state index >= 15 is 0 Å². The van der Waals surface area contributed by atoms with Crippen LogP contribution in [0.5, 0.6) is 0 Å². The number of benzene rings is 1. The Morgan fingerprint density at radius 2 is 2.06 bits per heavy atom. The van der Waals surface area contributed by atoms with Gasteiger partial charge < -0.3 is 5.73 Å². The molecular weight excluding hydrogens is 252 g/mol. The van der Waals surface area contributed by atoms with Gasteiger partial charge in [0, 0.05) is 5.69 Å². The highest BCUT2D eigenvalue weighted by Gasteiger charge is 2.40. The summed E-state index contributed by atoms with van der Waals surface area (Å²) >= 11 is 0. The molecule has 0 saturated carbocycles. The first-order valence-corrected chi connectivity index (χ1v) is 6.88. The van der Waals surface area contributed by atoms with E-state index in [1.807, 2.05) is 13.8 Å². The summed E-state index contributed by atoms with van der Waals surface area (Å²) in [6.45, 7) is 3.74. The summed E-state index contributed by atoms with van der Waals surface area (Å²) in [4.78, 5) is 12.0. The zero-order valence-corrected chi connectivity index (χ0v) is 11.0. The maximum absolute atomic E-state index is 12.2. The van der Waals surface area contributed by atoms with Crippen LogP contribution in [0.4, 0.5) is 5.69 Å². The quantitative estimate of drug-likeness (QED) is 0.647. The van der Waals surface area contributed by atoms with Gasteiger partial charge in [-0.25, -0.2) is 12.7 Å². The third kappa shape index (κ3) is 1.88. The lowest BCUT2D eigenvalue weighted by Crippen LogP contribution is -2.30. The number of hydrogen-bond acceptors (Lipinski definition) is 4. The topological polar surface area (TPSA) is 80.5 Å². The normalized spacial score (nSPS) is 16.6. The van der Waals surface area contributed by atoms with Gasteiger partial charge in [-0.15, -0.1) is 0 Å². The van der Waals surface area contributed by atoms with Crippen LogP contribution in [-0.4, -0.2) is 25.2 Å². The second kappa shape index (κ2) is 4.13. The van der Waals surface area contributed by atoms with Gasteiger partial charge in [0.25, 0.3) is 15.9 Å². The number of nitrogens with zero attached hydrogens (tertiary/aromatic N) is 1. The molecule has 1 aromatic carbocycles. The highest BCUT2D eigenvalue weighted by Crippen LogP contribution is 2.31. The van der Waals surface area contributed by atoms with Gasteiger partial charge >= 0.3 is 0 Å². The van der Waals surface area contributed by atoms with Crippen molar-refractivity contribution >= 4 is 21.6 Å². The number of rotatable bonds is 2. The van der Waals surface area contributed by atoms with Crippen molar-refractivity contribution in [3.8, 4) is 0 Å². The van der Waals surface area contributed by atoms with Crippen LogP contribution in [0, 0.1) is 0 Å². The average Bonchev–Trinajstić information content (AvgIpc) is 2.45. The molecule has 1 heterocycles. The van der Waals surface area contributed by atoms with Crippen LogP contribution in [0.25, 0.3) is 0 Å². The maximum atomic E-state index is 12.2. The molecule has 0 aromatic heterocycles. The van der Waals surface area contributed by atoms with Gasteiger partial charge in [-0.1, -0.05) is 11.6 Å². The Bertz CT molecular complexity index is 643. The molecule has 0 radical (unpaired) electrons. The van der Waals surface area contributed by atoms with Crippen molar-refractivity contribution in [2.45, 2.75) is 18.7 Å². The third-order valence-corrected chi connectivity index (χ3v) is 4.48. The minimum atomic E-state index is -3.75. The van der Waals surface area contributed by atoms with Gasteiger partial charge in [-0.2, -0.15) is 0 Å². The fourth-order valence-electron chi connectivity index (χ4n) is 1.74. The molecule has 6 heteroatoms. The molecule has 1 aliphatic rings. The second-order valence-electron chi connectivity index (χ2n) is 4.38. The van der Waals surface area contributed by atoms with Crippen molar-refractivity contribution in [3.63, 3.8) is 0 Å². The van der Waals surface area contributed by atoms with E-state index in [-0.39, 0.29) is 17.0 Å². The number of fused-ring (bicyclic) bond motifs is 1. The molecule has 2 N–H and O–H groups in total. The molecule has 0 bridgehead atoms. The number of nitrogen functional groups attached to an aromatic ring is 1. The first kappa shape index (κ1) is 12.6. The minimum Gasteiger partial charge on any atom is -0.399 e. The standard InChI is InChI=1S/C12H14N2O3S/c1-8(2)5-6-14-12(15)10-4-3-9(13)7-11(10)18(14,16)17/h3-5,7H,6,13H2,1-2H3. The molecule has 2 rings (SSSR count). The molecule has 5 nitrogen and oxygen atoms in total. The first-order valence-electron chi connectivity index (χ1n) is 5.44. The van der Waals surface area contributed by atoms with E-state index in [1.165, 1.54) is 18.2 Å². The van der Waals surface area contributed by atoms with Crippen LogP contribution in [0.15, 0.2) is 34.7 Å². The van der Waals surface area contributed by atoms with Crippen molar-refractivity contribution in [1.82, 2.24) is 4.31 Å². The van der Waals surface area contributed by atoms with Crippen LogP contribution >= 0.6 is 0 Å². The van der Waals surface area contributed by atoms with E-state index in [9.17, 15) is 13.2 Å². The van der Waals surface area contributed by atoms with E-state index in [0.717, 1.165) is 9.88 Å². The van der Waals surface area contributed by atoms with E-state index in [1.54, 1.807) is 6.08 Å². The van der Waals surface area contributed by atoms with Gasteiger partial charge in [0.1, 0.15) is 4.90 Å². The fourth-order valence-corrected chi connectivity index (χ4v) is 3.28. The van der Waals surface area contributed by atoms with Gasteiger partial charge in [-0.3, -0.25) is 4.79 Å². The molecule has 0 spiro atoms. The van der Waals surface area contributed by atoms with Crippen molar-refractivity contribution in [2.24, 2.45) is 0 Å². The minimum absolute atomic E-state index is 0.00495. The molecule has 0 fully saturated rings. The monoisotopic (exact) mass is 266 g/mol. The lowest BCUT2D eigenvalue weighted by atomic mass is 10.2. The lowest BCUT2D eigenvalue weighted by Gasteiger charge is -2.12. The zero-order chi connectivity index (χ0) is 13.5. The highest BCUT2D eigenvalue weighted by molar-refractivity contribution is 7.90. The number of allylic oxidation sites excluding steroid dienone is 1. The van der Waals surface area contributed by atoms with E-state index in [4.69, 9.17) is 5.73 Å². The van der Waals surface area contributed by atoms with Crippen LogP contribution in [-0.2, 0) is 10.0 Å². The zero-order valence-electron chi connectivity index (χ0n) is 10.2. The fraction of sp³-hybridized carbons (Fsp3) is 0.250. The van der Waals surface area contributed by atoms with Crippen LogP contribution in [0.2, 0.25) is 0 Å².